The standard InChI is InChI=1S/C14H18N4O2/c1-10-16-17-13(18(10)2)9-20-14(19)7-6-11-4-3-5-12(15)8-11/h3-5,8H,6-7,9,15H2,1-2H3. The third kappa shape index (κ3) is 3.57. The molecule has 0 spiro atoms. The van der Waals surface area contributed by atoms with Gasteiger partial charge in [0, 0.05) is 19.2 Å². The molecule has 0 aliphatic carbocycles. The summed E-state index contributed by atoms with van der Waals surface area (Å²) in [6, 6.07) is 7.49. The highest BCUT2D eigenvalue weighted by Gasteiger charge is 2.09. The maximum atomic E-state index is 11.7. The van der Waals surface area contributed by atoms with Crippen molar-refractivity contribution in [2.45, 2.75) is 26.4 Å². The SMILES string of the molecule is Cc1nnc(COC(=O)CCc2cccc(N)c2)n1C. The lowest BCUT2D eigenvalue weighted by Gasteiger charge is -2.05. The van der Waals surface area contributed by atoms with Crippen LogP contribution in [-0.2, 0) is 29.6 Å². The van der Waals surface area contributed by atoms with Crippen LogP contribution >= 0.6 is 0 Å². The predicted molar refractivity (Wildman–Crippen MR) is 74.7 cm³/mol. The van der Waals surface area contributed by atoms with Crippen molar-refractivity contribution in [2.75, 3.05) is 5.73 Å². The molecule has 2 aromatic rings. The van der Waals surface area contributed by atoms with Crippen LogP contribution in [-0.4, -0.2) is 20.7 Å². The van der Waals surface area contributed by atoms with E-state index in [0.717, 1.165) is 11.4 Å². The van der Waals surface area contributed by atoms with Crippen LogP contribution in [0.1, 0.15) is 23.6 Å². The Balaban J connectivity index is 1.80. The van der Waals surface area contributed by atoms with Crippen molar-refractivity contribution >= 4 is 11.7 Å². The number of benzene rings is 1. The molecule has 106 valence electrons. The first-order chi connectivity index (χ1) is 9.56. The van der Waals surface area contributed by atoms with E-state index < -0.39 is 0 Å². The van der Waals surface area contributed by atoms with Crippen LogP contribution in [0.15, 0.2) is 24.3 Å². The number of hydrogen-bond donors (Lipinski definition) is 1. The van der Waals surface area contributed by atoms with Crippen molar-refractivity contribution in [1.29, 1.82) is 0 Å². The molecule has 1 aromatic heterocycles. The summed E-state index contributed by atoms with van der Waals surface area (Å²) in [6.07, 6.45) is 0.933. The first-order valence-electron chi connectivity index (χ1n) is 6.41. The van der Waals surface area contributed by atoms with Gasteiger partial charge in [0.05, 0.1) is 0 Å². The minimum atomic E-state index is -0.256. The van der Waals surface area contributed by atoms with Crippen LogP contribution in [0.2, 0.25) is 0 Å². The van der Waals surface area contributed by atoms with Gasteiger partial charge in [-0.2, -0.15) is 0 Å². The Bertz CT molecular complexity index is 607. The molecule has 6 heteroatoms. The molecule has 0 aliphatic heterocycles. The minimum Gasteiger partial charge on any atom is -0.457 e. The highest BCUT2D eigenvalue weighted by Crippen LogP contribution is 2.09. The molecule has 2 rings (SSSR count). The van der Waals surface area contributed by atoms with E-state index in [1.807, 2.05) is 38.2 Å². The van der Waals surface area contributed by atoms with E-state index in [1.165, 1.54) is 0 Å². The molecule has 6 nitrogen and oxygen atoms in total. The number of carbonyl (C=O) groups is 1. The number of rotatable bonds is 5. The highest BCUT2D eigenvalue weighted by atomic mass is 16.5. The first-order valence-corrected chi connectivity index (χ1v) is 6.41. The molecule has 0 radical (unpaired) electrons. The van der Waals surface area contributed by atoms with Crippen molar-refractivity contribution in [3.8, 4) is 0 Å². The Kier molecular flexibility index (Phi) is 4.34. The monoisotopic (exact) mass is 274 g/mol. The molecule has 1 aromatic carbocycles. The van der Waals surface area contributed by atoms with E-state index >= 15 is 0 Å². The number of ether oxygens (including phenoxy) is 1. The molecular weight excluding hydrogens is 256 g/mol. The average Bonchev–Trinajstić information content (AvgIpc) is 2.74. The number of nitrogen functional groups attached to an aromatic ring is 1. The van der Waals surface area contributed by atoms with Crippen molar-refractivity contribution in [1.82, 2.24) is 14.8 Å². The summed E-state index contributed by atoms with van der Waals surface area (Å²) in [5.74, 6) is 1.17. The van der Waals surface area contributed by atoms with Crippen LogP contribution in [0.3, 0.4) is 0 Å². The van der Waals surface area contributed by atoms with Crippen LogP contribution in [0.25, 0.3) is 0 Å². The van der Waals surface area contributed by atoms with Gasteiger partial charge in [0.1, 0.15) is 5.82 Å². The minimum absolute atomic E-state index is 0.146. The van der Waals surface area contributed by atoms with Gasteiger partial charge in [-0.1, -0.05) is 12.1 Å². The van der Waals surface area contributed by atoms with E-state index in [9.17, 15) is 4.79 Å². The fraction of sp³-hybridized carbons (Fsp3) is 0.357. The molecule has 0 amide bonds. The van der Waals surface area contributed by atoms with Crippen LogP contribution in [0.5, 0.6) is 0 Å². The van der Waals surface area contributed by atoms with Crippen LogP contribution < -0.4 is 5.73 Å². The van der Waals surface area contributed by atoms with Gasteiger partial charge in [-0.15, -0.1) is 10.2 Å². The Morgan fingerprint density at radius 3 is 2.85 bits per heavy atom. The lowest BCUT2D eigenvalue weighted by atomic mass is 10.1. The average molecular weight is 274 g/mol. The van der Waals surface area contributed by atoms with E-state index in [-0.39, 0.29) is 12.6 Å². The number of esters is 1. The molecule has 0 saturated heterocycles. The number of anilines is 1. The summed E-state index contributed by atoms with van der Waals surface area (Å²) in [5.41, 5.74) is 7.41. The quantitative estimate of drug-likeness (QED) is 0.658. The molecule has 20 heavy (non-hydrogen) atoms. The van der Waals surface area contributed by atoms with E-state index in [1.54, 1.807) is 4.57 Å². The predicted octanol–water partition coefficient (Wildman–Crippen LogP) is 1.38. The van der Waals surface area contributed by atoms with E-state index in [4.69, 9.17) is 10.5 Å². The molecule has 0 atom stereocenters. The van der Waals surface area contributed by atoms with Gasteiger partial charge >= 0.3 is 5.97 Å². The topological polar surface area (TPSA) is 83.0 Å². The number of nitrogens with two attached hydrogens (primary N) is 1. The molecule has 0 unspecified atom stereocenters. The van der Waals surface area contributed by atoms with Gasteiger partial charge in [-0.25, -0.2) is 0 Å². The Labute approximate surface area is 117 Å². The van der Waals surface area contributed by atoms with E-state index in [0.29, 0.717) is 24.4 Å². The van der Waals surface area contributed by atoms with Gasteiger partial charge in [0.2, 0.25) is 0 Å². The summed E-state index contributed by atoms with van der Waals surface area (Å²) in [7, 11) is 1.84. The molecule has 0 saturated carbocycles. The molecule has 1 heterocycles. The van der Waals surface area contributed by atoms with Gasteiger partial charge in [0.15, 0.2) is 12.4 Å². The normalized spacial score (nSPS) is 10.5. The number of hydrogen-bond acceptors (Lipinski definition) is 5. The summed E-state index contributed by atoms with van der Waals surface area (Å²) >= 11 is 0. The molecule has 0 aliphatic rings. The Morgan fingerprint density at radius 2 is 2.20 bits per heavy atom. The fourth-order valence-electron chi connectivity index (χ4n) is 1.79. The summed E-state index contributed by atoms with van der Waals surface area (Å²) in [6.45, 7) is 1.99. The zero-order chi connectivity index (χ0) is 14.5. The summed E-state index contributed by atoms with van der Waals surface area (Å²) < 4.78 is 6.98. The zero-order valence-corrected chi connectivity index (χ0v) is 11.7. The largest absolute Gasteiger partial charge is 0.457 e. The number of aryl methyl sites for hydroxylation is 2. The smallest absolute Gasteiger partial charge is 0.306 e. The first kappa shape index (κ1) is 14.0. The van der Waals surface area contributed by atoms with Crippen molar-refractivity contribution < 1.29 is 9.53 Å². The summed E-state index contributed by atoms with van der Waals surface area (Å²) in [4.78, 5) is 11.7. The lowest BCUT2D eigenvalue weighted by Crippen LogP contribution is -2.09. The second-order valence-electron chi connectivity index (χ2n) is 4.63. The van der Waals surface area contributed by atoms with Crippen LogP contribution in [0.4, 0.5) is 5.69 Å². The Morgan fingerprint density at radius 1 is 1.40 bits per heavy atom. The summed E-state index contributed by atoms with van der Waals surface area (Å²) in [5, 5.41) is 7.84. The molecule has 2 N–H and O–H groups in total. The maximum absolute atomic E-state index is 11.7. The van der Waals surface area contributed by atoms with Crippen molar-refractivity contribution in [3.63, 3.8) is 0 Å². The number of nitrogens with zero attached hydrogens (tertiary/aromatic N) is 3. The van der Waals surface area contributed by atoms with Crippen molar-refractivity contribution in [2.24, 2.45) is 7.05 Å². The second-order valence-corrected chi connectivity index (χ2v) is 4.63. The van der Waals surface area contributed by atoms with E-state index in [2.05, 4.69) is 10.2 Å². The lowest BCUT2D eigenvalue weighted by molar-refractivity contribution is -0.145. The third-order valence-corrected chi connectivity index (χ3v) is 3.11. The fourth-order valence-corrected chi connectivity index (χ4v) is 1.79. The molecule has 0 bridgehead atoms. The van der Waals surface area contributed by atoms with Gasteiger partial charge in [-0.05, 0) is 31.0 Å². The van der Waals surface area contributed by atoms with Crippen LogP contribution in [0, 0.1) is 6.92 Å². The van der Waals surface area contributed by atoms with Gasteiger partial charge < -0.3 is 15.0 Å². The zero-order valence-electron chi connectivity index (χ0n) is 11.7. The highest BCUT2D eigenvalue weighted by molar-refractivity contribution is 5.69. The Hall–Kier alpha value is -2.37. The number of aromatic nitrogens is 3. The third-order valence-electron chi connectivity index (χ3n) is 3.11. The molecular formula is C14H18N4O2. The van der Waals surface area contributed by atoms with Gasteiger partial charge in [0.25, 0.3) is 0 Å². The molecule has 0 fully saturated rings. The second kappa shape index (κ2) is 6.18. The maximum Gasteiger partial charge on any atom is 0.306 e. The van der Waals surface area contributed by atoms with Crippen molar-refractivity contribution in [3.05, 3.63) is 41.5 Å². The van der Waals surface area contributed by atoms with Gasteiger partial charge in [-0.3, -0.25) is 4.79 Å². The number of carbonyl (C=O) groups excluding carboxylic acids is 1.